The molecular formula is C17H32N2O2. The van der Waals surface area contributed by atoms with Gasteiger partial charge in [-0.25, -0.2) is 0 Å². The van der Waals surface area contributed by atoms with Crippen molar-refractivity contribution in [3.05, 3.63) is 12.2 Å². The first-order valence-electron chi connectivity index (χ1n) is 7.80. The van der Waals surface area contributed by atoms with E-state index in [2.05, 4.69) is 17.5 Å². The quantitative estimate of drug-likeness (QED) is 0.454. The van der Waals surface area contributed by atoms with E-state index in [0.717, 1.165) is 38.5 Å². The lowest BCUT2D eigenvalue weighted by atomic mass is 9.91. The van der Waals surface area contributed by atoms with Crippen molar-refractivity contribution in [3.8, 4) is 0 Å². The summed E-state index contributed by atoms with van der Waals surface area (Å²) in [5, 5.41) is 3.10. The molecule has 0 aromatic carbocycles. The molecule has 0 unspecified atom stereocenters. The van der Waals surface area contributed by atoms with Gasteiger partial charge in [-0.15, -0.1) is 0 Å². The summed E-state index contributed by atoms with van der Waals surface area (Å²) in [6.07, 6.45) is 9.66. The largest absolute Gasteiger partial charge is 0.319 e. The zero-order valence-electron chi connectivity index (χ0n) is 14.3. The number of carbonyl (C=O) groups is 2. The maximum absolute atomic E-state index is 11.5. The van der Waals surface area contributed by atoms with Crippen LogP contribution in [-0.4, -0.2) is 29.7 Å². The predicted molar refractivity (Wildman–Crippen MR) is 88.3 cm³/mol. The molecule has 0 spiro atoms. The van der Waals surface area contributed by atoms with E-state index >= 15 is 0 Å². The van der Waals surface area contributed by atoms with E-state index in [1.54, 1.807) is 20.8 Å². The fourth-order valence-electron chi connectivity index (χ4n) is 2.05. The monoisotopic (exact) mass is 296 g/mol. The standard InChI is InChI=1S/C17H32N2O2/c1-14(20)16(3,18)12-10-8-6-7-9-11-13-17(4,19-5)15(2)21/h6-7,19H,8-13,18H2,1-5H3/t16-,17+/m1/s1. The third-order valence-electron chi connectivity index (χ3n) is 4.41. The van der Waals surface area contributed by atoms with Gasteiger partial charge in [-0.3, -0.25) is 9.59 Å². The summed E-state index contributed by atoms with van der Waals surface area (Å²) in [6, 6.07) is 0. The van der Waals surface area contributed by atoms with E-state index in [9.17, 15) is 9.59 Å². The molecule has 0 rings (SSSR count). The number of ketones is 2. The first-order valence-corrected chi connectivity index (χ1v) is 7.80. The van der Waals surface area contributed by atoms with Gasteiger partial charge in [0.25, 0.3) is 0 Å². The number of allylic oxidation sites excluding steroid dienone is 2. The van der Waals surface area contributed by atoms with Crippen molar-refractivity contribution in [2.45, 2.75) is 77.3 Å². The highest BCUT2D eigenvalue weighted by Gasteiger charge is 2.26. The summed E-state index contributed by atoms with van der Waals surface area (Å²) in [6.45, 7) is 6.91. The van der Waals surface area contributed by atoms with E-state index < -0.39 is 11.1 Å². The van der Waals surface area contributed by atoms with Gasteiger partial charge in [0.15, 0.2) is 0 Å². The summed E-state index contributed by atoms with van der Waals surface area (Å²) >= 11 is 0. The fourth-order valence-corrected chi connectivity index (χ4v) is 2.05. The Morgan fingerprint density at radius 2 is 1.48 bits per heavy atom. The van der Waals surface area contributed by atoms with Gasteiger partial charge in [-0.1, -0.05) is 12.2 Å². The van der Waals surface area contributed by atoms with Gasteiger partial charge in [0.2, 0.25) is 0 Å². The molecule has 0 aliphatic heterocycles. The van der Waals surface area contributed by atoms with E-state index in [1.165, 1.54) is 0 Å². The molecule has 0 radical (unpaired) electrons. The number of hydrogen-bond donors (Lipinski definition) is 2. The van der Waals surface area contributed by atoms with Gasteiger partial charge in [-0.05, 0) is 73.3 Å². The zero-order chi connectivity index (χ0) is 16.5. The molecule has 0 saturated carbocycles. The van der Waals surface area contributed by atoms with Gasteiger partial charge >= 0.3 is 0 Å². The molecule has 3 N–H and O–H groups in total. The fraction of sp³-hybridized carbons (Fsp3) is 0.765. The minimum atomic E-state index is -0.691. The number of nitrogens with two attached hydrogens (primary N) is 1. The van der Waals surface area contributed by atoms with Crippen LogP contribution in [0.4, 0.5) is 0 Å². The average Bonchev–Trinajstić information content (AvgIpc) is 2.40. The van der Waals surface area contributed by atoms with Gasteiger partial charge in [-0.2, -0.15) is 0 Å². The lowest BCUT2D eigenvalue weighted by Gasteiger charge is -2.25. The van der Waals surface area contributed by atoms with E-state index in [1.807, 2.05) is 14.0 Å². The third kappa shape index (κ3) is 7.53. The summed E-state index contributed by atoms with van der Waals surface area (Å²) in [7, 11) is 1.83. The highest BCUT2D eigenvalue weighted by molar-refractivity contribution is 5.85. The molecule has 0 fully saturated rings. The van der Waals surface area contributed by atoms with Crippen LogP contribution in [0.1, 0.15) is 66.2 Å². The number of unbranched alkanes of at least 4 members (excludes halogenated alkanes) is 2. The molecule has 122 valence electrons. The number of likely N-dealkylation sites (N-methyl/N-ethyl adjacent to an activating group) is 1. The second kappa shape index (κ2) is 9.11. The van der Waals surface area contributed by atoms with Crippen LogP contribution in [0.25, 0.3) is 0 Å². The number of rotatable bonds is 11. The highest BCUT2D eigenvalue weighted by atomic mass is 16.1. The molecule has 2 atom stereocenters. The maximum atomic E-state index is 11.5. The van der Waals surface area contributed by atoms with Crippen LogP contribution >= 0.6 is 0 Å². The smallest absolute Gasteiger partial charge is 0.149 e. The Balaban J connectivity index is 3.85. The predicted octanol–water partition coefficient (Wildman–Crippen LogP) is 2.76. The molecule has 0 aliphatic carbocycles. The van der Waals surface area contributed by atoms with Crippen LogP contribution in [0.2, 0.25) is 0 Å². The molecule has 21 heavy (non-hydrogen) atoms. The first kappa shape index (κ1) is 20.0. The Morgan fingerprint density at radius 3 is 1.86 bits per heavy atom. The number of hydrogen-bond acceptors (Lipinski definition) is 4. The molecule has 0 aromatic heterocycles. The van der Waals surface area contributed by atoms with Crippen molar-refractivity contribution in [2.75, 3.05) is 7.05 Å². The minimum Gasteiger partial charge on any atom is -0.319 e. The molecule has 0 aliphatic rings. The Labute approximate surface area is 129 Å². The normalized spacial score (nSPS) is 17.4. The highest BCUT2D eigenvalue weighted by Crippen LogP contribution is 2.15. The molecule has 0 aromatic rings. The molecule has 0 bridgehead atoms. The molecule has 0 saturated heterocycles. The van der Waals surface area contributed by atoms with E-state index in [-0.39, 0.29) is 11.6 Å². The molecule has 0 amide bonds. The number of nitrogens with one attached hydrogen (secondary N) is 1. The van der Waals surface area contributed by atoms with Crippen LogP contribution in [-0.2, 0) is 9.59 Å². The lowest BCUT2D eigenvalue weighted by molar-refractivity contribution is -0.123. The van der Waals surface area contributed by atoms with Crippen LogP contribution in [0.5, 0.6) is 0 Å². The van der Waals surface area contributed by atoms with Crippen molar-refractivity contribution in [2.24, 2.45) is 5.73 Å². The maximum Gasteiger partial charge on any atom is 0.149 e. The Morgan fingerprint density at radius 1 is 1.00 bits per heavy atom. The van der Waals surface area contributed by atoms with Gasteiger partial charge in [0.1, 0.15) is 11.6 Å². The van der Waals surface area contributed by atoms with Gasteiger partial charge in [0.05, 0.1) is 11.1 Å². The molecule has 4 nitrogen and oxygen atoms in total. The summed E-state index contributed by atoms with van der Waals surface area (Å²) in [5.74, 6) is 0.225. The number of Topliss-reactive ketones (excluding diaryl/α,β-unsaturated/α-hetero) is 2. The van der Waals surface area contributed by atoms with Crippen LogP contribution in [0.15, 0.2) is 12.2 Å². The van der Waals surface area contributed by atoms with Crippen molar-refractivity contribution >= 4 is 11.6 Å². The first-order chi connectivity index (χ1) is 9.65. The van der Waals surface area contributed by atoms with E-state index in [4.69, 9.17) is 5.73 Å². The summed E-state index contributed by atoms with van der Waals surface area (Å²) < 4.78 is 0. The molecule has 0 heterocycles. The average molecular weight is 296 g/mol. The lowest BCUT2D eigenvalue weighted by Crippen LogP contribution is -2.46. The zero-order valence-corrected chi connectivity index (χ0v) is 14.3. The number of carbonyl (C=O) groups excluding carboxylic acids is 2. The van der Waals surface area contributed by atoms with Crippen molar-refractivity contribution in [1.82, 2.24) is 5.32 Å². The topological polar surface area (TPSA) is 72.2 Å². The minimum absolute atomic E-state index is 0.0436. The summed E-state index contributed by atoms with van der Waals surface area (Å²) in [5.41, 5.74) is 4.80. The van der Waals surface area contributed by atoms with Gasteiger partial charge < -0.3 is 11.1 Å². The molecular weight excluding hydrogens is 264 g/mol. The van der Waals surface area contributed by atoms with Crippen LogP contribution in [0.3, 0.4) is 0 Å². The third-order valence-corrected chi connectivity index (χ3v) is 4.41. The van der Waals surface area contributed by atoms with Crippen molar-refractivity contribution in [1.29, 1.82) is 0 Å². The van der Waals surface area contributed by atoms with Crippen LogP contribution in [0, 0.1) is 0 Å². The second-order valence-corrected chi connectivity index (χ2v) is 6.37. The van der Waals surface area contributed by atoms with Crippen molar-refractivity contribution < 1.29 is 9.59 Å². The summed E-state index contributed by atoms with van der Waals surface area (Å²) in [4.78, 5) is 22.8. The molecule has 4 heteroatoms. The van der Waals surface area contributed by atoms with Crippen molar-refractivity contribution in [3.63, 3.8) is 0 Å². The Kier molecular flexibility index (Phi) is 8.67. The Hall–Kier alpha value is -1.00. The Bertz CT molecular complexity index is 375. The van der Waals surface area contributed by atoms with Gasteiger partial charge in [0, 0.05) is 0 Å². The van der Waals surface area contributed by atoms with Crippen LogP contribution < -0.4 is 11.1 Å². The second-order valence-electron chi connectivity index (χ2n) is 6.37. The SMILES string of the molecule is CN[C@@](C)(CCCC=CCCC[C@@](C)(N)C(C)=O)C(C)=O. The van der Waals surface area contributed by atoms with E-state index in [0.29, 0.717) is 0 Å².